The van der Waals surface area contributed by atoms with E-state index in [0.29, 0.717) is 24.6 Å². The van der Waals surface area contributed by atoms with Crippen molar-refractivity contribution in [1.82, 2.24) is 25.3 Å². The summed E-state index contributed by atoms with van der Waals surface area (Å²) in [6, 6.07) is -0.187. The standard InChI is InChI=1S/C21H35N7O2S/c1-2-9-25-13-15-26(16-14-25)10-5-8-22-19(30)17-6-3-11-27(17)20-23-24-21(31-20)28-12-4-7-18(28)29/h17H,2-16H2,1H3,(H,22,30). The van der Waals surface area contributed by atoms with Gasteiger partial charge in [0.05, 0.1) is 0 Å². The Hall–Kier alpha value is -1.78. The zero-order valence-electron chi connectivity index (χ0n) is 18.6. The van der Waals surface area contributed by atoms with E-state index in [0.717, 1.165) is 70.1 Å². The molecule has 1 unspecified atom stereocenters. The lowest BCUT2D eigenvalue weighted by Gasteiger charge is -2.34. The van der Waals surface area contributed by atoms with Crippen molar-refractivity contribution in [2.45, 2.75) is 51.5 Å². The molecule has 10 heteroatoms. The van der Waals surface area contributed by atoms with Crippen molar-refractivity contribution in [3.8, 4) is 0 Å². The number of amides is 2. The predicted molar refractivity (Wildman–Crippen MR) is 123 cm³/mol. The van der Waals surface area contributed by atoms with Gasteiger partial charge in [-0.05, 0) is 45.2 Å². The molecule has 0 saturated carbocycles. The quantitative estimate of drug-likeness (QED) is 0.567. The van der Waals surface area contributed by atoms with E-state index < -0.39 is 0 Å². The Labute approximate surface area is 188 Å². The lowest BCUT2D eigenvalue weighted by molar-refractivity contribution is -0.122. The Morgan fingerprint density at radius 3 is 2.48 bits per heavy atom. The molecule has 1 N–H and O–H groups in total. The second-order valence-corrected chi connectivity index (χ2v) is 9.63. The maximum atomic E-state index is 12.8. The molecule has 3 fully saturated rings. The van der Waals surface area contributed by atoms with E-state index in [1.54, 1.807) is 4.90 Å². The summed E-state index contributed by atoms with van der Waals surface area (Å²) >= 11 is 1.42. The van der Waals surface area contributed by atoms with E-state index in [1.807, 2.05) is 0 Å². The van der Waals surface area contributed by atoms with Crippen molar-refractivity contribution >= 4 is 33.4 Å². The highest BCUT2D eigenvalue weighted by molar-refractivity contribution is 7.19. The van der Waals surface area contributed by atoms with Crippen LogP contribution in [0.2, 0.25) is 0 Å². The summed E-state index contributed by atoms with van der Waals surface area (Å²) in [7, 11) is 0. The molecule has 3 aliphatic rings. The van der Waals surface area contributed by atoms with Crippen molar-refractivity contribution in [3.63, 3.8) is 0 Å². The number of hydrogen-bond donors (Lipinski definition) is 1. The van der Waals surface area contributed by atoms with Crippen molar-refractivity contribution in [1.29, 1.82) is 0 Å². The first-order valence-corrected chi connectivity index (χ1v) is 12.6. The number of anilines is 2. The maximum Gasteiger partial charge on any atom is 0.242 e. The Balaban J connectivity index is 1.21. The summed E-state index contributed by atoms with van der Waals surface area (Å²) in [5.74, 6) is 0.199. The molecule has 0 aliphatic carbocycles. The summed E-state index contributed by atoms with van der Waals surface area (Å²) in [6.07, 6.45) is 5.46. The monoisotopic (exact) mass is 449 g/mol. The van der Waals surface area contributed by atoms with Crippen LogP contribution in [0.3, 0.4) is 0 Å². The molecule has 1 aromatic heterocycles. The zero-order chi connectivity index (χ0) is 21.6. The molecule has 0 bridgehead atoms. The highest BCUT2D eigenvalue weighted by Crippen LogP contribution is 2.33. The van der Waals surface area contributed by atoms with Crippen LogP contribution in [0.25, 0.3) is 0 Å². The second-order valence-electron chi connectivity index (χ2n) is 8.70. The number of carbonyl (C=O) groups is 2. The summed E-state index contributed by atoms with van der Waals surface area (Å²) in [6.45, 7) is 11.3. The van der Waals surface area contributed by atoms with Crippen LogP contribution >= 0.6 is 11.3 Å². The molecule has 1 aromatic rings. The van der Waals surface area contributed by atoms with Crippen LogP contribution in [0.5, 0.6) is 0 Å². The molecule has 0 radical (unpaired) electrons. The molecule has 0 aromatic carbocycles. The van der Waals surface area contributed by atoms with Gasteiger partial charge in [0.25, 0.3) is 0 Å². The normalized spacial score (nSPS) is 23.1. The minimum Gasteiger partial charge on any atom is -0.354 e. The SMILES string of the molecule is CCCN1CCN(CCCNC(=O)C2CCCN2c2nnc(N3CCCC3=O)s2)CC1. The van der Waals surface area contributed by atoms with Crippen LogP contribution in [0.1, 0.15) is 45.4 Å². The zero-order valence-corrected chi connectivity index (χ0v) is 19.4. The average Bonchev–Trinajstić information content (AvgIpc) is 3.52. The Kier molecular flexibility index (Phi) is 7.73. The first-order valence-electron chi connectivity index (χ1n) is 11.8. The van der Waals surface area contributed by atoms with Gasteiger partial charge in [0.1, 0.15) is 6.04 Å². The van der Waals surface area contributed by atoms with Crippen molar-refractivity contribution in [3.05, 3.63) is 0 Å². The van der Waals surface area contributed by atoms with E-state index in [1.165, 1.54) is 24.3 Å². The van der Waals surface area contributed by atoms with Gasteiger partial charge >= 0.3 is 0 Å². The van der Waals surface area contributed by atoms with Crippen LogP contribution in [0.15, 0.2) is 0 Å². The number of hydrogen-bond acceptors (Lipinski definition) is 8. The average molecular weight is 450 g/mol. The molecule has 0 spiro atoms. The van der Waals surface area contributed by atoms with Crippen molar-refractivity contribution in [2.24, 2.45) is 0 Å². The minimum atomic E-state index is -0.187. The number of carbonyl (C=O) groups excluding carboxylic acids is 2. The fourth-order valence-corrected chi connectivity index (χ4v) is 5.70. The first-order chi connectivity index (χ1) is 15.2. The molecule has 4 rings (SSSR count). The van der Waals surface area contributed by atoms with Crippen molar-refractivity contribution < 1.29 is 9.59 Å². The first kappa shape index (κ1) is 22.4. The fourth-order valence-electron chi connectivity index (χ4n) is 4.74. The van der Waals surface area contributed by atoms with E-state index in [4.69, 9.17) is 0 Å². The van der Waals surface area contributed by atoms with E-state index in [9.17, 15) is 9.59 Å². The van der Waals surface area contributed by atoms with E-state index in [-0.39, 0.29) is 17.9 Å². The van der Waals surface area contributed by atoms with Gasteiger partial charge < -0.3 is 20.0 Å². The number of piperazine rings is 1. The molecule has 3 aliphatic heterocycles. The molecule has 31 heavy (non-hydrogen) atoms. The van der Waals surface area contributed by atoms with Crippen LogP contribution in [-0.4, -0.2) is 96.8 Å². The van der Waals surface area contributed by atoms with Gasteiger partial charge in [-0.3, -0.25) is 14.5 Å². The van der Waals surface area contributed by atoms with Crippen LogP contribution in [0, 0.1) is 0 Å². The minimum absolute atomic E-state index is 0.0827. The molecular formula is C21H35N7O2S. The van der Waals surface area contributed by atoms with Gasteiger partial charge in [0.15, 0.2) is 0 Å². The van der Waals surface area contributed by atoms with Gasteiger partial charge in [-0.15, -0.1) is 10.2 Å². The third-order valence-corrected chi connectivity index (χ3v) is 7.45. The van der Waals surface area contributed by atoms with Gasteiger partial charge in [-0.25, -0.2) is 0 Å². The van der Waals surface area contributed by atoms with Gasteiger partial charge in [-0.1, -0.05) is 18.3 Å². The topological polar surface area (TPSA) is 84.9 Å². The summed E-state index contributed by atoms with van der Waals surface area (Å²) in [5.41, 5.74) is 0. The molecule has 172 valence electrons. The number of aromatic nitrogens is 2. The molecule has 2 amide bonds. The van der Waals surface area contributed by atoms with Crippen LogP contribution in [-0.2, 0) is 9.59 Å². The molecular weight excluding hydrogens is 414 g/mol. The van der Waals surface area contributed by atoms with Gasteiger partial charge in [-0.2, -0.15) is 0 Å². The Morgan fingerprint density at radius 1 is 1.03 bits per heavy atom. The largest absolute Gasteiger partial charge is 0.354 e. The predicted octanol–water partition coefficient (Wildman–Crippen LogP) is 1.17. The molecule has 4 heterocycles. The Morgan fingerprint density at radius 2 is 1.77 bits per heavy atom. The lowest BCUT2D eigenvalue weighted by atomic mass is 10.2. The van der Waals surface area contributed by atoms with Crippen molar-refractivity contribution in [2.75, 3.05) is 68.7 Å². The Bertz CT molecular complexity index is 750. The second kappa shape index (κ2) is 10.7. The smallest absolute Gasteiger partial charge is 0.242 e. The fraction of sp³-hybridized carbons (Fsp3) is 0.810. The van der Waals surface area contributed by atoms with E-state index >= 15 is 0 Å². The molecule has 9 nitrogen and oxygen atoms in total. The highest BCUT2D eigenvalue weighted by atomic mass is 32.1. The molecule has 1 atom stereocenters. The molecule has 3 saturated heterocycles. The third kappa shape index (κ3) is 5.53. The van der Waals surface area contributed by atoms with Crippen LogP contribution < -0.4 is 15.1 Å². The maximum absolute atomic E-state index is 12.8. The lowest BCUT2D eigenvalue weighted by Crippen LogP contribution is -2.47. The van der Waals surface area contributed by atoms with Crippen LogP contribution in [0.4, 0.5) is 10.3 Å². The third-order valence-electron chi connectivity index (χ3n) is 6.46. The van der Waals surface area contributed by atoms with E-state index in [2.05, 4.69) is 37.1 Å². The summed E-state index contributed by atoms with van der Waals surface area (Å²) in [5, 5.41) is 13.1. The van der Waals surface area contributed by atoms with Gasteiger partial charge in [0, 0.05) is 52.2 Å². The summed E-state index contributed by atoms with van der Waals surface area (Å²) in [4.78, 5) is 33.6. The summed E-state index contributed by atoms with van der Waals surface area (Å²) < 4.78 is 0. The number of nitrogens with zero attached hydrogens (tertiary/aromatic N) is 6. The highest BCUT2D eigenvalue weighted by Gasteiger charge is 2.34. The number of rotatable bonds is 9. The van der Waals surface area contributed by atoms with Gasteiger partial charge in [0.2, 0.25) is 22.1 Å². The number of nitrogens with one attached hydrogen (secondary N) is 1.